The maximum absolute atomic E-state index is 13.7. The molecule has 2 aromatic carbocycles. The van der Waals surface area contributed by atoms with Crippen molar-refractivity contribution in [2.75, 3.05) is 51.1 Å². The highest BCUT2D eigenvalue weighted by atomic mass is 19.4. The van der Waals surface area contributed by atoms with Crippen LogP contribution in [0.4, 0.5) is 18.9 Å². The molecule has 2 fully saturated rings. The SMILES string of the molecule is O=C(CNc1cccc2c1CCN(CC1CC1)C2)N(CCN1CCCCC1)Cc1ccccc1C(F)(F)F. The molecule has 1 amide bonds. The number of anilines is 1. The second-order valence-corrected chi connectivity index (χ2v) is 11.1. The van der Waals surface area contributed by atoms with E-state index in [4.69, 9.17) is 0 Å². The lowest BCUT2D eigenvalue weighted by molar-refractivity contribution is -0.139. The van der Waals surface area contributed by atoms with Gasteiger partial charge in [-0.25, -0.2) is 0 Å². The number of hydrogen-bond acceptors (Lipinski definition) is 4. The Morgan fingerprint density at radius 2 is 1.76 bits per heavy atom. The number of carbonyl (C=O) groups is 1. The third-order valence-electron chi connectivity index (χ3n) is 8.16. The van der Waals surface area contributed by atoms with Crippen molar-refractivity contribution in [1.82, 2.24) is 14.7 Å². The molecule has 2 aliphatic heterocycles. The summed E-state index contributed by atoms with van der Waals surface area (Å²) in [5.41, 5.74) is 3.00. The van der Waals surface area contributed by atoms with Gasteiger partial charge in [-0.2, -0.15) is 13.2 Å². The molecule has 2 heterocycles. The summed E-state index contributed by atoms with van der Waals surface area (Å²) in [4.78, 5) is 19.9. The van der Waals surface area contributed by atoms with Gasteiger partial charge in [-0.3, -0.25) is 9.69 Å². The molecule has 0 unspecified atom stereocenters. The van der Waals surface area contributed by atoms with Gasteiger partial charge in [0.25, 0.3) is 0 Å². The Labute approximate surface area is 224 Å². The van der Waals surface area contributed by atoms with E-state index in [9.17, 15) is 18.0 Å². The quantitative estimate of drug-likeness (QED) is 0.448. The molecule has 0 aromatic heterocycles. The van der Waals surface area contributed by atoms with Crippen LogP contribution in [-0.4, -0.2) is 66.4 Å². The van der Waals surface area contributed by atoms with Gasteiger partial charge in [-0.1, -0.05) is 36.8 Å². The van der Waals surface area contributed by atoms with E-state index in [1.165, 1.54) is 49.1 Å². The van der Waals surface area contributed by atoms with Crippen LogP contribution in [0.1, 0.15) is 54.4 Å². The molecule has 0 spiro atoms. The predicted octanol–water partition coefficient (Wildman–Crippen LogP) is 5.40. The maximum Gasteiger partial charge on any atom is 0.416 e. The molecule has 2 aromatic rings. The van der Waals surface area contributed by atoms with Crippen LogP contribution in [0.3, 0.4) is 0 Å². The number of benzene rings is 2. The molecule has 1 aliphatic carbocycles. The van der Waals surface area contributed by atoms with Crippen LogP contribution < -0.4 is 5.32 Å². The fourth-order valence-electron chi connectivity index (χ4n) is 5.81. The lowest BCUT2D eigenvalue weighted by Gasteiger charge is -2.31. The van der Waals surface area contributed by atoms with Crippen molar-refractivity contribution in [3.63, 3.8) is 0 Å². The summed E-state index contributed by atoms with van der Waals surface area (Å²) in [6.07, 6.45) is 2.64. The average molecular weight is 529 g/mol. The number of carbonyl (C=O) groups excluding carboxylic acids is 1. The minimum atomic E-state index is -4.45. The molecule has 5 rings (SSSR count). The molecule has 8 heteroatoms. The highest BCUT2D eigenvalue weighted by molar-refractivity contribution is 5.81. The third-order valence-corrected chi connectivity index (χ3v) is 8.16. The predicted molar refractivity (Wildman–Crippen MR) is 144 cm³/mol. The van der Waals surface area contributed by atoms with Gasteiger partial charge in [-0.15, -0.1) is 0 Å². The van der Waals surface area contributed by atoms with Crippen molar-refractivity contribution < 1.29 is 18.0 Å². The fourth-order valence-corrected chi connectivity index (χ4v) is 5.81. The Kier molecular flexibility index (Phi) is 8.58. The summed E-state index contributed by atoms with van der Waals surface area (Å²) >= 11 is 0. The second-order valence-electron chi connectivity index (χ2n) is 11.1. The number of nitrogens with zero attached hydrogens (tertiary/aromatic N) is 3. The number of rotatable bonds is 10. The van der Waals surface area contributed by atoms with Gasteiger partial charge >= 0.3 is 6.18 Å². The third kappa shape index (κ3) is 7.08. The Balaban J connectivity index is 1.26. The van der Waals surface area contributed by atoms with Crippen molar-refractivity contribution in [3.05, 3.63) is 64.7 Å². The first kappa shape index (κ1) is 27.0. The van der Waals surface area contributed by atoms with Gasteiger partial charge < -0.3 is 15.1 Å². The molecular formula is C30H39F3N4O. The zero-order chi connectivity index (χ0) is 26.5. The first-order chi connectivity index (χ1) is 18.4. The number of likely N-dealkylation sites (tertiary alicyclic amines) is 1. The largest absolute Gasteiger partial charge is 0.416 e. The van der Waals surface area contributed by atoms with E-state index in [0.717, 1.165) is 63.1 Å². The molecule has 0 atom stereocenters. The van der Waals surface area contributed by atoms with E-state index in [1.54, 1.807) is 11.0 Å². The first-order valence-electron chi connectivity index (χ1n) is 14.1. The molecular weight excluding hydrogens is 489 g/mol. The minimum absolute atomic E-state index is 0.0486. The van der Waals surface area contributed by atoms with Gasteiger partial charge in [0.05, 0.1) is 12.1 Å². The van der Waals surface area contributed by atoms with E-state index in [-0.39, 0.29) is 24.6 Å². The van der Waals surface area contributed by atoms with Crippen molar-refractivity contribution in [3.8, 4) is 0 Å². The molecule has 38 heavy (non-hydrogen) atoms. The topological polar surface area (TPSA) is 38.8 Å². The lowest BCUT2D eigenvalue weighted by atomic mass is 9.97. The maximum atomic E-state index is 13.7. The summed E-state index contributed by atoms with van der Waals surface area (Å²) in [5.74, 6) is 0.677. The zero-order valence-corrected chi connectivity index (χ0v) is 22.1. The Bertz CT molecular complexity index is 1100. The van der Waals surface area contributed by atoms with Gasteiger partial charge in [0, 0.05) is 45.0 Å². The van der Waals surface area contributed by atoms with Crippen LogP contribution in [0.2, 0.25) is 0 Å². The van der Waals surface area contributed by atoms with E-state index in [0.29, 0.717) is 13.1 Å². The molecule has 0 bridgehead atoms. The monoisotopic (exact) mass is 528 g/mol. The fraction of sp³-hybridized carbons (Fsp3) is 0.567. The molecule has 0 radical (unpaired) electrons. The number of piperidine rings is 1. The molecule has 206 valence electrons. The first-order valence-corrected chi connectivity index (χ1v) is 14.1. The minimum Gasteiger partial charge on any atom is -0.376 e. The number of nitrogens with one attached hydrogen (secondary N) is 1. The van der Waals surface area contributed by atoms with E-state index in [2.05, 4.69) is 21.2 Å². The van der Waals surface area contributed by atoms with Crippen LogP contribution in [0, 0.1) is 5.92 Å². The average Bonchev–Trinajstić information content (AvgIpc) is 3.73. The van der Waals surface area contributed by atoms with Crippen LogP contribution >= 0.6 is 0 Å². The van der Waals surface area contributed by atoms with Crippen molar-refractivity contribution in [1.29, 1.82) is 0 Å². The molecule has 3 aliphatic rings. The highest BCUT2D eigenvalue weighted by Crippen LogP contribution is 2.34. The van der Waals surface area contributed by atoms with E-state index < -0.39 is 11.7 Å². The summed E-state index contributed by atoms with van der Waals surface area (Å²) in [7, 11) is 0. The number of halogens is 3. The summed E-state index contributed by atoms with van der Waals surface area (Å²) in [6.45, 7) is 6.19. The Morgan fingerprint density at radius 3 is 2.53 bits per heavy atom. The van der Waals surface area contributed by atoms with Crippen molar-refractivity contribution in [2.45, 2.75) is 57.8 Å². The van der Waals surface area contributed by atoms with E-state index >= 15 is 0 Å². The van der Waals surface area contributed by atoms with Crippen LogP contribution in [-0.2, 0) is 30.5 Å². The highest BCUT2D eigenvalue weighted by Gasteiger charge is 2.34. The summed E-state index contributed by atoms with van der Waals surface area (Å²) < 4.78 is 41.0. The van der Waals surface area contributed by atoms with E-state index in [1.807, 2.05) is 12.1 Å². The zero-order valence-electron chi connectivity index (χ0n) is 22.1. The number of alkyl halides is 3. The summed E-state index contributed by atoms with van der Waals surface area (Å²) in [6, 6.07) is 11.8. The standard InChI is InChI=1S/C30H39F3N4O/c31-30(32,33)27-9-3-2-7-25(27)22-37(18-17-35-14-4-1-5-15-35)29(38)19-34-28-10-6-8-24-21-36(16-13-26(24)28)20-23-11-12-23/h2-3,6-10,23,34H,1,4-5,11-22H2. The molecule has 1 saturated heterocycles. The van der Waals surface area contributed by atoms with Gasteiger partial charge in [0.15, 0.2) is 0 Å². The second kappa shape index (κ2) is 12.1. The van der Waals surface area contributed by atoms with Crippen LogP contribution in [0.25, 0.3) is 0 Å². The smallest absolute Gasteiger partial charge is 0.376 e. The van der Waals surface area contributed by atoms with Crippen LogP contribution in [0.15, 0.2) is 42.5 Å². The van der Waals surface area contributed by atoms with Gasteiger partial charge in [0.2, 0.25) is 5.91 Å². The Morgan fingerprint density at radius 1 is 0.974 bits per heavy atom. The Hall–Kier alpha value is -2.58. The van der Waals surface area contributed by atoms with Gasteiger partial charge in [0.1, 0.15) is 0 Å². The molecule has 1 saturated carbocycles. The van der Waals surface area contributed by atoms with Gasteiger partial charge in [-0.05, 0) is 79.9 Å². The number of hydrogen-bond donors (Lipinski definition) is 1. The normalized spacial score (nSPS) is 18.7. The van der Waals surface area contributed by atoms with Crippen molar-refractivity contribution >= 4 is 11.6 Å². The number of fused-ring (bicyclic) bond motifs is 1. The van der Waals surface area contributed by atoms with Crippen molar-refractivity contribution in [2.24, 2.45) is 5.92 Å². The van der Waals surface area contributed by atoms with Crippen LogP contribution in [0.5, 0.6) is 0 Å². The summed E-state index contributed by atoms with van der Waals surface area (Å²) in [5, 5.41) is 3.34. The molecule has 1 N–H and O–H groups in total. The molecule has 5 nitrogen and oxygen atoms in total. The lowest BCUT2D eigenvalue weighted by Crippen LogP contribution is -2.42. The number of amides is 1.